The zero-order chi connectivity index (χ0) is 10.7. The number of halogens is 1. The summed E-state index contributed by atoms with van der Waals surface area (Å²) in [6, 6.07) is 5.29. The quantitative estimate of drug-likeness (QED) is 0.475. The Morgan fingerprint density at radius 1 is 1.57 bits per heavy atom. The molecule has 1 aromatic carbocycles. The molecule has 1 aromatic rings. The van der Waals surface area contributed by atoms with Crippen LogP contribution in [0.3, 0.4) is 0 Å². The van der Waals surface area contributed by atoms with Crippen molar-refractivity contribution >= 4 is 23.1 Å². The third kappa shape index (κ3) is 2.26. The Balaban J connectivity index is 3.06. The van der Waals surface area contributed by atoms with E-state index in [9.17, 15) is 4.79 Å². The fourth-order valence-corrected chi connectivity index (χ4v) is 1.42. The number of anilines is 1. The Morgan fingerprint density at radius 3 is 2.71 bits per heavy atom. The van der Waals surface area contributed by atoms with E-state index in [1.54, 1.807) is 19.1 Å². The third-order valence-electron chi connectivity index (χ3n) is 2.17. The second-order valence-electron chi connectivity index (χ2n) is 3.25. The largest absolute Gasteiger partial charge is 0.399 e. The van der Waals surface area contributed by atoms with Crippen LogP contribution in [-0.4, -0.2) is 11.2 Å². The molecule has 0 aliphatic heterocycles. The molecule has 2 nitrogen and oxygen atoms in total. The van der Waals surface area contributed by atoms with Crippen LogP contribution in [0.4, 0.5) is 5.69 Å². The second kappa shape index (κ2) is 4.47. The minimum absolute atomic E-state index is 0.0543. The lowest BCUT2D eigenvalue weighted by Crippen LogP contribution is -2.11. The summed E-state index contributed by atoms with van der Waals surface area (Å²) < 4.78 is 0. The molecule has 0 heterocycles. The van der Waals surface area contributed by atoms with E-state index in [1.165, 1.54) is 0 Å². The maximum Gasteiger partial charge on any atom is 0.180 e. The van der Waals surface area contributed by atoms with E-state index < -0.39 is 5.38 Å². The van der Waals surface area contributed by atoms with Gasteiger partial charge >= 0.3 is 0 Å². The fraction of sp³-hybridized carbons (Fsp3) is 0.364. The van der Waals surface area contributed by atoms with Gasteiger partial charge in [0.25, 0.3) is 0 Å². The molecule has 0 amide bonds. The molecule has 0 spiro atoms. The molecule has 0 saturated carbocycles. The average Bonchev–Trinajstić information content (AvgIpc) is 2.17. The van der Waals surface area contributed by atoms with Crippen LogP contribution in [0.25, 0.3) is 0 Å². The van der Waals surface area contributed by atoms with Gasteiger partial charge in [-0.15, -0.1) is 11.6 Å². The predicted molar refractivity (Wildman–Crippen MR) is 59.9 cm³/mol. The molecule has 3 heteroatoms. The minimum atomic E-state index is -0.483. The van der Waals surface area contributed by atoms with Gasteiger partial charge in [-0.3, -0.25) is 4.79 Å². The number of hydrogen-bond donors (Lipinski definition) is 1. The van der Waals surface area contributed by atoms with Crippen molar-refractivity contribution in [2.24, 2.45) is 0 Å². The summed E-state index contributed by atoms with van der Waals surface area (Å²) in [4.78, 5) is 11.6. The summed E-state index contributed by atoms with van der Waals surface area (Å²) in [5, 5.41) is -0.483. The van der Waals surface area contributed by atoms with Crippen LogP contribution in [0.15, 0.2) is 18.2 Å². The predicted octanol–water partition coefficient (Wildman–Crippen LogP) is 2.64. The number of alkyl halides is 1. The lowest BCUT2D eigenvalue weighted by molar-refractivity contribution is 0.0991. The molecule has 0 fully saturated rings. The minimum Gasteiger partial charge on any atom is -0.399 e. The Labute approximate surface area is 89.1 Å². The molecular weight excluding hydrogens is 198 g/mol. The first-order chi connectivity index (χ1) is 6.56. The zero-order valence-electron chi connectivity index (χ0n) is 8.38. The van der Waals surface area contributed by atoms with Gasteiger partial charge in [0, 0.05) is 11.3 Å². The van der Waals surface area contributed by atoms with Gasteiger partial charge in [0.15, 0.2) is 5.78 Å². The number of hydrogen-bond acceptors (Lipinski definition) is 2. The van der Waals surface area contributed by atoms with E-state index in [0.29, 0.717) is 5.56 Å². The highest BCUT2D eigenvalue weighted by molar-refractivity contribution is 6.33. The summed E-state index contributed by atoms with van der Waals surface area (Å²) in [6.07, 6.45) is 0.823. The van der Waals surface area contributed by atoms with E-state index in [-0.39, 0.29) is 5.78 Å². The topological polar surface area (TPSA) is 43.1 Å². The number of rotatable bonds is 3. The van der Waals surface area contributed by atoms with E-state index >= 15 is 0 Å². The Bertz CT molecular complexity index is 347. The van der Waals surface area contributed by atoms with Crippen molar-refractivity contribution in [2.45, 2.75) is 25.6 Å². The SMILES string of the molecule is CCc1cc(C(=O)C(C)Cl)ccc1N. The summed E-state index contributed by atoms with van der Waals surface area (Å²) in [5.74, 6) is -0.0543. The number of nitrogen functional groups attached to an aromatic ring is 1. The van der Waals surface area contributed by atoms with E-state index in [2.05, 4.69) is 0 Å². The molecule has 0 bridgehead atoms. The van der Waals surface area contributed by atoms with Crippen molar-refractivity contribution in [1.82, 2.24) is 0 Å². The Hall–Kier alpha value is -1.02. The highest BCUT2D eigenvalue weighted by Crippen LogP contribution is 2.17. The normalized spacial score (nSPS) is 12.5. The summed E-state index contributed by atoms with van der Waals surface area (Å²) in [7, 11) is 0. The van der Waals surface area contributed by atoms with Crippen LogP contribution in [0.2, 0.25) is 0 Å². The van der Waals surface area contributed by atoms with Gasteiger partial charge in [-0.25, -0.2) is 0 Å². The molecule has 0 aliphatic carbocycles. The fourth-order valence-electron chi connectivity index (χ4n) is 1.29. The third-order valence-corrected chi connectivity index (χ3v) is 2.37. The van der Waals surface area contributed by atoms with E-state index in [0.717, 1.165) is 17.7 Å². The standard InChI is InChI=1S/C11H14ClNO/c1-3-8-6-9(4-5-10(8)13)11(14)7(2)12/h4-7H,3,13H2,1-2H3. The molecule has 0 aliphatic rings. The van der Waals surface area contributed by atoms with Crippen molar-refractivity contribution < 1.29 is 4.79 Å². The van der Waals surface area contributed by atoms with Gasteiger partial charge < -0.3 is 5.73 Å². The van der Waals surface area contributed by atoms with Gasteiger partial charge in [0.2, 0.25) is 0 Å². The molecule has 0 aromatic heterocycles. The number of nitrogens with two attached hydrogens (primary N) is 1. The summed E-state index contributed by atoms with van der Waals surface area (Å²) in [6.45, 7) is 3.68. The number of carbonyl (C=O) groups is 1. The molecule has 1 unspecified atom stereocenters. The van der Waals surface area contributed by atoms with Gasteiger partial charge in [0.05, 0.1) is 5.38 Å². The van der Waals surface area contributed by atoms with E-state index in [1.807, 2.05) is 13.0 Å². The van der Waals surface area contributed by atoms with Crippen molar-refractivity contribution in [3.05, 3.63) is 29.3 Å². The first-order valence-electron chi connectivity index (χ1n) is 4.63. The van der Waals surface area contributed by atoms with Gasteiger partial charge in [0.1, 0.15) is 0 Å². The highest BCUT2D eigenvalue weighted by atomic mass is 35.5. The van der Waals surface area contributed by atoms with Crippen molar-refractivity contribution in [3.63, 3.8) is 0 Å². The molecular formula is C11H14ClNO. The van der Waals surface area contributed by atoms with Crippen LogP contribution < -0.4 is 5.73 Å². The smallest absolute Gasteiger partial charge is 0.180 e. The van der Waals surface area contributed by atoms with Crippen LogP contribution in [-0.2, 0) is 6.42 Å². The lowest BCUT2D eigenvalue weighted by Gasteiger charge is -2.07. The molecule has 1 rings (SSSR count). The van der Waals surface area contributed by atoms with Crippen LogP contribution in [0, 0.1) is 0 Å². The maximum absolute atomic E-state index is 11.6. The van der Waals surface area contributed by atoms with Gasteiger partial charge in [-0.1, -0.05) is 6.92 Å². The number of aryl methyl sites for hydroxylation is 1. The van der Waals surface area contributed by atoms with Crippen LogP contribution in [0.5, 0.6) is 0 Å². The molecule has 1 atom stereocenters. The first-order valence-corrected chi connectivity index (χ1v) is 5.06. The molecule has 0 saturated heterocycles. The lowest BCUT2D eigenvalue weighted by atomic mass is 10.0. The first kappa shape index (κ1) is 11.1. The van der Waals surface area contributed by atoms with Crippen molar-refractivity contribution in [2.75, 3.05) is 5.73 Å². The molecule has 76 valence electrons. The second-order valence-corrected chi connectivity index (χ2v) is 3.90. The van der Waals surface area contributed by atoms with Crippen molar-refractivity contribution in [3.8, 4) is 0 Å². The summed E-state index contributed by atoms with van der Waals surface area (Å²) in [5.41, 5.74) is 8.09. The average molecular weight is 212 g/mol. The van der Waals surface area contributed by atoms with Crippen molar-refractivity contribution in [1.29, 1.82) is 0 Å². The Kier molecular flexibility index (Phi) is 3.53. The van der Waals surface area contributed by atoms with Gasteiger partial charge in [-0.2, -0.15) is 0 Å². The zero-order valence-corrected chi connectivity index (χ0v) is 9.14. The molecule has 14 heavy (non-hydrogen) atoms. The van der Waals surface area contributed by atoms with E-state index in [4.69, 9.17) is 17.3 Å². The number of ketones is 1. The number of carbonyl (C=O) groups excluding carboxylic acids is 1. The van der Waals surface area contributed by atoms with Gasteiger partial charge in [-0.05, 0) is 37.1 Å². The maximum atomic E-state index is 11.6. The molecule has 2 N–H and O–H groups in total. The molecule has 0 radical (unpaired) electrons. The Morgan fingerprint density at radius 2 is 2.21 bits per heavy atom. The number of Topliss-reactive ketones (excluding diaryl/α,β-unsaturated/α-hetero) is 1. The monoisotopic (exact) mass is 211 g/mol. The number of benzene rings is 1. The van der Waals surface area contributed by atoms with Crippen LogP contribution >= 0.6 is 11.6 Å². The summed E-state index contributed by atoms with van der Waals surface area (Å²) >= 11 is 5.72. The highest BCUT2D eigenvalue weighted by Gasteiger charge is 2.12. The van der Waals surface area contributed by atoms with Crippen LogP contribution in [0.1, 0.15) is 29.8 Å².